The van der Waals surface area contributed by atoms with E-state index < -0.39 is 5.60 Å². The van der Waals surface area contributed by atoms with E-state index in [2.05, 4.69) is 57.3 Å². The van der Waals surface area contributed by atoms with Crippen LogP contribution in [-0.4, -0.2) is 23.0 Å². The van der Waals surface area contributed by atoms with Crippen molar-refractivity contribution in [1.82, 2.24) is 5.32 Å². The molecule has 0 aliphatic rings. The van der Waals surface area contributed by atoms with Crippen LogP contribution in [0.5, 0.6) is 0 Å². The molecule has 0 aromatic heterocycles. The molecule has 0 saturated carbocycles. The molecule has 1 aromatic carbocycles. The van der Waals surface area contributed by atoms with Crippen molar-refractivity contribution in [2.24, 2.45) is 11.8 Å². The van der Waals surface area contributed by atoms with Crippen molar-refractivity contribution in [2.45, 2.75) is 51.7 Å². The molecule has 0 amide bonds. The summed E-state index contributed by atoms with van der Waals surface area (Å²) in [5.74, 6) is 1.67. The minimum atomic E-state index is -0.615. The molecule has 2 N–H and O–H groups in total. The van der Waals surface area contributed by atoms with E-state index in [-0.39, 0.29) is 5.92 Å². The maximum Gasteiger partial charge on any atom is 0.0736 e. The van der Waals surface area contributed by atoms with Crippen molar-refractivity contribution < 1.29 is 5.11 Å². The van der Waals surface area contributed by atoms with Crippen LogP contribution in [0.4, 0.5) is 0 Å². The van der Waals surface area contributed by atoms with Gasteiger partial charge in [0.15, 0.2) is 0 Å². The van der Waals surface area contributed by atoms with Gasteiger partial charge in [-0.15, -0.1) is 11.8 Å². The average molecular weight is 295 g/mol. The number of thioether (sulfide) groups is 1. The second-order valence-corrected chi connectivity index (χ2v) is 7.52. The summed E-state index contributed by atoms with van der Waals surface area (Å²) in [4.78, 5) is 1.23. The van der Waals surface area contributed by atoms with Gasteiger partial charge >= 0.3 is 0 Å². The minimum absolute atomic E-state index is 0.269. The number of aliphatic hydroxyl groups is 1. The first kappa shape index (κ1) is 17.5. The van der Waals surface area contributed by atoms with Gasteiger partial charge in [0.1, 0.15) is 0 Å². The topological polar surface area (TPSA) is 32.3 Å². The van der Waals surface area contributed by atoms with Gasteiger partial charge in [-0.3, -0.25) is 0 Å². The SMILES string of the molecule is CC(C)CNCc1cccc(SCC(C)(O)C(C)C)c1. The predicted molar refractivity (Wildman–Crippen MR) is 89.2 cm³/mol. The number of nitrogens with one attached hydrogen (secondary N) is 1. The van der Waals surface area contributed by atoms with E-state index in [0.29, 0.717) is 5.92 Å². The smallest absolute Gasteiger partial charge is 0.0736 e. The van der Waals surface area contributed by atoms with E-state index in [1.165, 1.54) is 10.5 Å². The standard InChI is InChI=1S/C17H29NOS/c1-13(2)10-18-11-15-7-6-8-16(9-15)20-12-17(5,19)14(3)4/h6-9,13-14,18-19H,10-12H2,1-5H3. The molecule has 0 fully saturated rings. The van der Waals surface area contributed by atoms with Gasteiger partial charge in [-0.25, -0.2) is 0 Å². The molecular formula is C17H29NOS. The lowest BCUT2D eigenvalue weighted by Crippen LogP contribution is -2.33. The zero-order valence-electron chi connectivity index (χ0n) is 13.4. The lowest BCUT2D eigenvalue weighted by Gasteiger charge is -2.27. The molecule has 0 heterocycles. The van der Waals surface area contributed by atoms with Gasteiger partial charge in [-0.1, -0.05) is 39.8 Å². The fourth-order valence-corrected chi connectivity index (χ4v) is 2.85. The van der Waals surface area contributed by atoms with E-state index in [0.717, 1.165) is 18.8 Å². The predicted octanol–water partition coefficient (Wildman–Crippen LogP) is 3.93. The highest BCUT2D eigenvalue weighted by Gasteiger charge is 2.24. The molecule has 3 heteroatoms. The fraction of sp³-hybridized carbons (Fsp3) is 0.647. The van der Waals surface area contributed by atoms with Gasteiger partial charge in [-0.2, -0.15) is 0 Å². The summed E-state index contributed by atoms with van der Waals surface area (Å²) in [6, 6.07) is 8.58. The van der Waals surface area contributed by atoms with Crippen LogP contribution < -0.4 is 5.32 Å². The summed E-state index contributed by atoms with van der Waals surface area (Å²) >= 11 is 1.73. The van der Waals surface area contributed by atoms with Crippen molar-refractivity contribution in [3.05, 3.63) is 29.8 Å². The van der Waals surface area contributed by atoms with E-state index in [9.17, 15) is 5.11 Å². The highest BCUT2D eigenvalue weighted by molar-refractivity contribution is 7.99. The summed E-state index contributed by atoms with van der Waals surface area (Å²) in [6.07, 6.45) is 0. The first-order chi connectivity index (χ1) is 9.31. The Morgan fingerprint density at radius 1 is 1.25 bits per heavy atom. The second-order valence-electron chi connectivity index (χ2n) is 6.47. The Morgan fingerprint density at radius 3 is 2.55 bits per heavy atom. The quantitative estimate of drug-likeness (QED) is 0.713. The van der Waals surface area contributed by atoms with Crippen LogP contribution in [-0.2, 0) is 6.54 Å². The van der Waals surface area contributed by atoms with E-state index in [4.69, 9.17) is 0 Å². The molecule has 0 spiro atoms. The van der Waals surface area contributed by atoms with Crippen molar-refractivity contribution in [1.29, 1.82) is 0 Å². The Hall–Kier alpha value is -0.510. The van der Waals surface area contributed by atoms with Crippen molar-refractivity contribution in [3.63, 3.8) is 0 Å². The molecule has 0 bridgehead atoms. The van der Waals surface area contributed by atoms with Gasteiger partial charge in [-0.05, 0) is 43.0 Å². The van der Waals surface area contributed by atoms with Crippen LogP contribution in [0, 0.1) is 11.8 Å². The van der Waals surface area contributed by atoms with Gasteiger partial charge in [0, 0.05) is 17.2 Å². The number of benzene rings is 1. The molecule has 0 saturated heterocycles. The van der Waals surface area contributed by atoms with Crippen LogP contribution >= 0.6 is 11.8 Å². The minimum Gasteiger partial charge on any atom is -0.389 e. The maximum atomic E-state index is 10.3. The average Bonchev–Trinajstić information content (AvgIpc) is 2.36. The van der Waals surface area contributed by atoms with Crippen LogP contribution in [0.25, 0.3) is 0 Å². The lowest BCUT2D eigenvalue weighted by molar-refractivity contribution is 0.0376. The normalized spacial score (nSPS) is 14.8. The summed E-state index contributed by atoms with van der Waals surface area (Å²) in [5, 5.41) is 13.8. The Kier molecular flexibility index (Phi) is 7.07. The number of hydrogen-bond acceptors (Lipinski definition) is 3. The maximum absolute atomic E-state index is 10.3. The highest BCUT2D eigenvalue weighted by atomic mass is 32.2. The Morgan fingerprint density at radius 2 is 1.95 bits per heavy atom. The molecule has 20 heavy (non-hydrogen) atoms. The summed E-state index contributed by atoms with van der Waals surface area (Å²) in [5.41, 5.74) is 0.691. The molecule has 2 nitrogen and oxygen atoms in total. The molecule has 1 aromatic rings. The van der Waals surface area contributed by atoms with Crippen LogP contribution in [0.15, 0.2) is 29.2 Å². The van der Waals surface area contributed by atoms with E-state index in [1.54, 1.807) is 11.8 Å². The highest BCUT2D eigenvalue weighted by Crippen LogP contribution is 2.27. The van der Waals surface area contributed by atoms with Gasteiger partial charge in [0.2, 0.25) is 0 Å². The lowest BCUT2D eigenvalue weighted by atomic mass is 9.95. The second kappa shape index (κ2) is 8.06. The molecule has 1 unspecified atom stereocenters. The van der Waals surface area contributed by atoms with Gasteiger partial charge in [0.05, 0.1) is 5.60 Å². The molecule has 1 atom stereocenters. The van der Waals surface area contributed by atoms with Crippen molar-refractivity contribution >= 4 is 11.8 Å². The third-order valence-corrected chi connectivity index (χ3v) is 4.87. The van der Waals surface area contributed by atoms with Crippen molar-refractivity contribution in [2.75, 3.05) is 12.3 Å². The largest absolute Gasteiger partial charge is 0.389 e. The molecule has 0 radical (unpaired) electrons. The third kappa shape index (κ3) is 6.29. The number of hydrogen-bond donors (Lipinski definition) is 2. The van der Waals surface area contributed by atoms with Crippen molar-refractivity contribution in [3.8, 4) is 0 Å². The molecular weight excluding hydrogens is 266 g/mol. The summed E-state index contributed by atoms with van der Waals surface area (Å²) in [6.45, 7) is 12.4. The first-order valence-corrected chi connectivity index (χ1v) is 8.44. The zero-order valence-corrected chi connectivity index (χ0v) is 14.3. The van der Waals surface area contributed by atoms with Gasteiger partial charge < -0.3 is 10.4 Å². The van der Waals surface area contributed by atoms with Crippen LogP contribution in [0.1, 0.15) is 40.2 Å². The monoisotopic (exact) mass is 295 g/mol. The van der Waals surface area contributed by atoms with Gasteiger partial charge in [0.25, 0.3) is 0 Å². The Bertz CT molecular complexity index is 402. The summed E-state index contributed by atoms with van der Waals surface area (Å²) in [7, 11) is 0. The summed E-state index contributed by atoms with van der Waals surface area (Å²) < 4.78 is 0. The Balaban J connectivity index is 2.51. The molecule has 114 valence electrons. The van der Waals surface area contributed by atoms with Crippen LogP contribution in [0.3, 0.4) is 0 Å². The molecule has 0 aliphatic heterocycles. The third-order valence-electron chi connectivity index (χ3n) is 3.56. The van der Waals surface area contributed by atoms with E-state index in [1.807, 2.05) is 6.92 Å². The molecule has 0 aliphatic carbocycles. The fourth-order valence-electron chi connectivity index (χ4n) is 1.65. The zero-order chi connectivity index (χ0) is 15.2. The van der Waals surface area contributed by atoms with E-state index >= 15 is 0 Å². The number of rotatable bonds is 8. The van der Waals surface area contributed by atoms with Crippen LogP contribution in [0.2, 0.25) is 0 Å². The first-order valence-electron chi connectivity index (χ1n) is 7.46. The molecule has 1 rings (SSSR count). The Labute approximate surface area is 128 Å².